The van der Waals surface area contributed by atoms with Crippen molar-refractivity contribution in [3.8, 4) is 11.8 Å². The van der Waals surface area contributed by atoms with Crippen molar-refractivity contribution in [1.29, 1.82) is 0 Å². The van der Waals surface area contributed by atoms with E-state index >= 15 is 0 Å². The number of anilines is 3. The van der Waals surface area contributed by atoms with Gasteiger partial charge in [-0.25, -0.2) is 14.8 Å². The van der Waals surface area contributed by atoms with Crippen LogP contribution in [-0.4, -0.2) is 63.6 Å². The molecule has 1 saturated carbocycles. The summed E-state index contributed by atoms with van der Waals surface area (Å²) in [4.78, 5) is 38.4. The highest BCUT2D eigenvalue weighted by atomic mass is 19.1. The first-order valence-corrected chi connectivity index (χ1v) is 13.7. The van der Waals surface area contributed by atoms with Gasteiger partial charge in [0.1, 0.15) is 17.5 Å². The fourth-order valence-corrected chi connectivity index (χ4v) is 4.01. The molecule has 10 nitrogen and oxygen atoms in total. The minimum Gasteiger partial charge on any atom is -0.444 e. The van der Waals surface area contributed by atoms with Crippen molar-refractivity contribution >= 4 is 29.5 Å². The molecule has 1 aliphatic rings. The van der Waals surface area contributed by atoms with E-state index in [0.717, 1.165) is 32.2 Å². The zero-order chi connectivity index (χ0) is 29.3. The molecular formula is C29H40FN7O3. The Morgan fingerprint density at radius 3 is 2.67 bits per heavy atom. The van der Waals surface area contributed by atoms with Crippen molar-refractivity contribution < 1.29 is 18.7 Å². The van der Waals surface area contributed by atoms with Gasteiger partial charge in [-0.2, -0.15) is 9.37 Å². The van der Waals surface area contributed by atoms with Gasteiger partial charge in [0.15, 0.2) is 0 Å². The van der Waals surface area contributed by atoms with Crippen LogP contribution in [0.3, 0.4) is 0 Å². The molecule has 2 aromatic heterocycles. The van der Waals surface area contributed by atoms with Crippen LogP contribution in [0.25, 0.3) is 0 Å². The van der Waals surface area contributed by atoms with E-state index in [9.17, 15) is 14.0 Å². The molecule has 1 atom stereocenters. The summed E-state index contributed by atoms with van der Waals surface area (Å²) in [6, 6.07) is 2.29. The summed E-state index contributed by atoms with van der Waals surface area (Å²) in [7, 11) is 1.56. The first-order chi connectivity index (χ1) is 18.9. The number of pyridine rings is 1. The maximum Gasteiger partial charge on any atom is 0.410 e. The number of nitrogens with zero attached hydrogens (tertiary/aromatic N) is 4. The lowest BCUT2D eigenvalue weighted by Gasteiger charge is -2.32. The molecule has 0 aliphatic heterocycles. The van der Waals surface area contributed by atoms with Crippen LogP contribution in [-0.2, 0) is 9.53 Å². The predicted molar refractivity (Wildman–Crippen MR) is 152 cm³/mol. The fraction of sp³-hybridized carbons (Fsp3) is 0.552. The minimum atomic E-state index is -0.625. The largest absolute Gasteiger partial charge is 0.444 e. The lowest BCUT2D eigenvalue weighted by Crippen LogP contribution is -2.47. The SMILES string of the molecule is CCCNc1nc(Nc2ccnc(F)c2)ncc1C#C[C@H]1C[C@@H](CCNC(=O)[C@H](C)N(C)C(=O)OC(C)(C)C)C1. The van der Waals surface area contributed by atoms with Crippen LogP contribution in [0.1, 0.15) is 65.9 Å². The highest BCUT2D eigenvalue weighted by Crippen LogP contribution is 2.35. The van der Waals surface area contributed by atoms with E-state index in [1.54, 1.807) is 47.0 Å². The number of aromatic nitrogens is 3. The molecule has 0 spiro atoms. The van der Waals surface area contributed by atoms with E-state index in [1.807, 2.05) is 0 Å². The smallest absolute Gasteiger partial charge is 0.410 e. The van der Waals surface area contributed by atoms with Gasteiger partial charge in [0.25, 0.3) is 0 Å². The molecule has 0 saturated heterocycles. The normalized spacial score (nSPS) is 17.0. The quantitative estimate of drug-likeness (QED) is 0.286. The van der Waals surface area contributed by atoms with Crippen LogP contribution in [0.5, 0.6) is 0 Å². The average Bonchev–Trinajstić information content (AvgIpc) is 2.86. The second-order valence-corrected chi connectivity index (χ2v) is 11.0. The number of hydrogen-bond donors (Lipinski definition) is 3. The van der Waals surface area contributed by atoms with E-state index in [2.05, 4.69) is 49.7 Å². The van der Waals surface area contributed by atoms with Crippen molar-refractivity contribution in [3.63, 3.8) is 0 Å². The van der Waals surface area contributed by atoms with Gasteiger partial charge in [0, 0.05) is 44.0 Å². The zero-order valence-electron chi connectivity index (χ0n) is 24.2. The summed E-state index contributed by atoms with van der Waals surface area (Å²) in [6.45, 7) is 10.4. The standard InChI is InChI=1S/C29H40FN7O3/c1-7-12-32-25-22(18-34-27(36-25)35-23-11-14-31-24(30)17-23)9-8-20-15-21(16-20)10-13-33-26(38)19(2)37(6)28(39)40-29(3,4)5/h11,14,17-21H,7,10,12-13,15-16H2,1-6H3,(H,33,38)(H2,31,32,34,35,36)/t19-,20-,21+/m0/s1. The van der Waals surface area contributed by atoms with Crippen molar-refractivity contribution in [3.05, 3.63) is 36.0 Å². The highest BCUT2D eigenvalue weighted by Gasteiger charge is 2.29. The lowest BCUT2D eigenvalue weighted by molar-refractivity contribution is -0.125. The van der Waals surface area contributed by atoms with Crippen molar-refractivity contribution in [2.75, 3.05) is 30.8 Å². The number of rotatable bonds is 10. The van der Waals surface area contributed by atoms with E-state index in [0.29, 0.717) is 35.5 Å². The van der Waals surface area contributed by atoms with Crippen molar-refractivity contribution in [2.45, 2.75) is 71.9 Å². The molecular weight excluding hydrogens is 513 g/mol. The third kappa shape index (κ3) is 9.36. The van der Waals surface area contributed by atoms with Gasteiger partial charge in [0.2, 0.25) is 17.8 Å². The zero-order valence-corrected chi connectivity index (χ0v) is 24.2. The predicted octanol–water partition coefficient (Wildman–Crippen LogP) is 4.72. The van der Waals surface area contributed by atoms with E-state index in [-0.39, 0.29) is 11.8 Å². The number of ether oxygens (including phenoxy) is 1. The molecule has 2 aromatic rings. The third-order valence-electron chi connectivity index (χ3n) is 6.45. The molecule has 2 amide bonds. The third-order valence-corrected chi connectivity index (χ3v) is 6.45. The van der Waals surface area contributed by atoms with Gasteiger partial charge in [-0.3, -0.25) is 9.69 Å². The number of amides is 2. The summed E-state index contributed by atoms with van der Waals surface area (Å²) >= 11 is 0. The molecule has 3 N–H and O–H groups in total. The Labute approximate surface area is 235 Å². The fourth-order valence-electron chi connectivity index (χ4n) is 4.01. The van der Waals surface area contributed by atoms with Crippen LogP contribution in [0.15, 0.2) is 24.5 Å². The molecule has 0 aromatic carbocycles. The number of halogens is 1. The van der Waals surface area contributed by atoms with Gasteiger partial charge in [-0.1, -0.05) is 18.8 Å². The first kappa shape index (κ1) is 30.6. The average molecular weight is 554 g/mol. The van der Waals surface area contributed by atoms with Crippen LogP contribution in [0, 0.1) is 29.6 Å². The monoisotopic (exact) mass is 553 g/mol. The number of likely N-dealkylation sites (N-methyl/N-ethyl adjacent to an activating group) is 1. The molecule has 0 unspecified atom stereocenters. The van der Waals surface area contributed by atoms with Gasteiger partial charge in [-0.05, 0) is 65.4 Å². The molecule has 11 heteroatoms. The maximum atomic E-state index is 13.4. The molecule has 2 heterocycles. The summed E-state index contributed by atoms with van der Waals surface area (Å²) in [5.74, 6) is 7.49. The first-order valence-electron chi connectivity index (χ1n) is 13.7. The van der Waals surface area contributed by atoms with Crippen LogP contribution >= 0.6 is 0 Å². The number of hydrogen-bond acceptors (Lipinski definition) is 8. The molecule has 40 heavy (non-hydrogen) atoms. The summed E-state index contributed by atoms with van der Waals surface area (Å²) in [5.41, 5.74) is 0.599. The molecule has 0 bridgehead atoms. The Balaban J connectivity index is 1.47. The molecule has 1 fully saturated rings. The number of carbonyl (C=O) groups is 2. The maximum absolute atomic E-state index is 13.4. The Morgan fingerprint density at radius 1 is 1.25 bits per heavy atom. The van der Waals surface area contributed by atoms with Gasteiger partial charge in [-0.15, -0.1) is 0 Å². The molecule has 3 rings (SSSR count). The lowest BCUT2D eigenvalue weighted by atomic mass is 9.73. The minimum absolute atomic E-state index is 0.205. The molecule has 1 aliphatic carbocycles. The van der Waals surface area contributed by atoms with Gasteiger partial charge in [0.05, 0.1) is 11.8 Å². The van der Waals surface area contributed by atoms with Gasteiger partial charge < -0.3 is 20.7 Å². The summed E-state index contributed by atoms with van der Waals surface area (Å²) in [5, 5.41) is 9.21. The second kappa shape index (κ2) is 13.9. The Hall–Kier alpha value is -3.94. The van der Waals surface area contributed by atoms with Crippen LogP contribution in [0.2, 0.25) is 0 Å². The van der Waals surface area contributed by atoms with E-state index in [1.165, 1.54) is 17.2 Å². The van der Waals surface area contributed by atoms with Gasteiger partial charge >= 0.3 is 6.09 Å². The van der Waals surface area contributed by atoms with Crippen LogP contribution < -0.4 is 16.0 Å². The van der Waals surface area contributed by atoms with Crippen molar-refractivity contribution in [2.24, 2.45) is 11.8 Å². The Morgan fingerprint density at radius 2 is 2.00 bits per heavy atom. The second-order valence-electron chi connectivity index (χ2n) is 11.0. The topological polar surface area (TPSA) is 121 Å². The summed E-state index contributed by atoms with van der Waals surface area (Å²) in [6.07, 6.45) is 6.22. The highest BCUT2D eigenvalue weighted by molar-refractivity contribution is 5.85. The van der Waals surface area contributed by atoms with E-state index < -0.39 is 23.7 Å². The van der Waals surface area contributed by atoms with Crippen LogP contribution in [0.4, 0.5) is 26.6 Å². The summed E-state index contributed by atoms with van der Waals surface area (Å²) < 4.78 is 18.7. The molecule has 216 valence electrons. The number of carbonyl (C=O) groups excluding carboxylic acids is 2. The molecule has 0 radical (unpaired) electrons. The Kier molecular flexibility index (Phi) is 10.6. The van der Waals surface area contributed by atoms with Crippen molar-refractivity contribution in [1.82, 2.24) is 25.2 Å². The van der Waals surface area contributed by atoms with E-state index in [4.69, 9.17) is 4.74 Å². The Bertz CT molecular complexity index is 1230. The number of nitrogens with one attached hydrogen (secondary N) is 3.